The first-order valence-electron chi connectivity index (χ1n) is 8.83. The molecular formula is C20H20N4O3. The highest BCUT2D eigenvalue weighted by molar-refractivity contribution is 6.04. The number of carbonyl (C=O) groups excluding carboxylic acids is 1. The second-order valence-corrected chi connectivity index (χ2v) is 6.43. The Bertz CT molecular complexity index is 915. The minimum absolute atomic E-state index is 0.169. The third-order valence-electron chi connectivity index (χ3n) is 4.37. The van der Waals surface area contributed by atoms with Gasteiger partial charge in [0.05, 0.1) is 13.7 Å². The van der Waals surface area contributed by atoms with Gasteiger partial charge in [0, 0.05) is 22.9 Å². The lowest BCUT2D eigenvalue weighted by Gasteiger charge is -2.08. The number of rotatable bonds is 7. The van der Waals surface area contributed by atoms with E-state index in [1.54, 1.807) is 43.5 Å². The number of carbonyl (C=O) groups is 1. The molecule has 3 aromatic rings. The molecule has 1 aliphatic carbocycles. The molecule has 1 amide bonds. The van der Waals surface area contributed by atoms with E-state index in [1.807, 2.05) is 12.1 Å². The van der Waals surface area contributed by atoms with Gasteiger partial charge in [0.15, 0.2) is 5.82 Å². The molecule has 0 aliphatic heterocycles. The van der Waals surface area contributed by atoms with Crippen LogP contribution < -0.4 is 15.4 Å². The van der Waals surface area contributed by atoms with Gasteiger partial charge in [0.1, 0.15) is 5.75 Å². The molecule has 0 saturated heterocycles. The molecule has 7 nitrogen and oxygen atoms in total. The van der Waals surface area contributed by atoms with Crippen molar-refractivity contribution in [2.45, 2.75) is 25.3 Å². The molecule has 0 spiro atoms. The lowest BCUT2D eigenvalue weighted by molar-refractivity contribution is 0.102. The molecule has 138 valence electrons. The first-order chi connectivity index (χ1) is 13.2. The van der Waals surface area contributed by atoms with Crippen LogP contribution in [0.3, 0.4) is 0 Å². The summed E-state index contributed by atoms with van der Waals surface area (Å²) >= 11 is 0. The number of aromatic nitrogens is 2. The van der Waals surface area contributed by atoms with Crippen molar-refractivity contribution >= 4 is 17.3 Å². The Balaban J connectivity index is 1.32. The van der Waals surface area contributed by atoms with Gasteiger partial charge in [0.2, 0.25) is 5.89 Å². The van der Waals surface area contributed by atoms with E-state index in [9.17, 15) is 4.79 Å². The van der Waals surface area contributed by atoms with E-state index in [2.05, 4.69) is 20.8 Å². The zero-order chi connectivity index (χ0) is 18.6. The lowest BCUT2D eigenvalue weighted by atomic mass is 10.2. The molecule has 1 aliphatic rings. The van der Waals surface area contributed by atoms with Gasteiger partial charge in [-0.15, -0.1) is 0 Å². The Morgan fingerprint density at radius 3 is 2.48 bits per heavy atom. The Morgan fingerprint density at radius 1 is 1.11 bits per heavy atom. The molecule has 7 heteroatoms. The number of amides is 1. The molecular weight excluding hydrogens is 344 g/mol. The summed E-state index contributed by atoms with van der Waals surface area (Å²) in [5, 5.41) is 10.1. The summed E-state index contributed by atoms with van der Waals surface area (Å²) in [6.07, 6.45) is 2.29. The highest BCUT2D eigenvalue weighted by Crippen LogP contribution is 2.38. The van der Waals surface area contributed by atoms with Crippen molar-refractivity contribution < 1.29 is 14.1 Å². The molecule has 1 saturated carbocycles. The highest BCUT2D eigenvalue weighted by Gasteiger charge is 2.28. The van der Waals surface area contributed by atoms with Crippen molar-refractivity contribution in [1.82, 2.24) is 10.1 Å². The summed E-state index contributed by atoms with van der Waals surface area (Å²) in [7, 11) is 1.60. The van der Waals surface area contributed by atoms with E-state index >= 15 is 0 Å². The molecule has 2 N–H and O–H groups in total. The molecule has 0 radical (unpaired) electrons. The minimum atomic E-state index is -0.169. The Labute approximate surface area is 156 Å². The van der Waals surface area contributed by atoms with E-state index in [4.69, 9.17) is 9.26 Å². The van der Waals surface area contributed by atoms with Crippen LogP contribution >= 0.6 is 0 Å². The molecule has 0 bridgehead atoms. The van der Waals surface area contributed by atoms with Gasteiger partial charge < -0.3 is 19.9 Å². The van der Waals surface area contributed by atoms with E-state index in [-0.39, 0.29) is 5.91 Å². The fourth-order valence-corrected chi connectivity index (χ4v) is 2.64. The van der Waals surface area contributed by atoms with Crippen LogP contribution in [0.1, 0.15) is 40.8 Å². The van der Waals surface area contributed by atoms with E-state index in [0.717, 1.165) is 30.1 Å². The summed E-state index contributed by atoms with van der Waals surface area (Å²) in [4.78, 5) is 16.7. The van der Waals surface area contributed by atoms with Crippen LogP contribution in [0, 0.1) is 0 Å². The van der Waals surface area contributed by atoms with Crippen molar-refractivity contribution in [2.75, 3.05) is 17.7 Å². The Hall–Kier alpha value is -3.35. The molecule has 1 heterocycles. The number of anilines is 2. The van der Waals surface area contributed by atoms with Gasteiger partial charge in [-0.2, -0.15) is 4.98 Å². The predicted molar refractivity (Wildman–Crippen MR) is 101 cm³/mol. The van der Waals surface area contributed by atoms with E-state index in [0.29, 0.717) is 29.6 Å². The smallest absolute Gasteiger partial charge is 0.255 e. The van der Waals surface area contributed by atoms with Crippen molar-refractivity contribution in [3.05, 3.63) is 65.8 Å². The van der Waals surface area contributed by atoms with Crippen molar-refractivity contribution in [3.8, 4) is 5.75 Å². The first kappa shape index (κ1) is 17.1. The number of nitrogens with one attached hydrogen (secondary N) is 2. The van der Waals surface area contributed by atoms with Gasteiger partial charge in [0.25, 0.3) is 5.91 Å². The standard InChI is InChI=1S/C20H20N4O3/c1-26-17-10-8-16(9-11-17)22-20(25)14-4-6-15(7-5-14)21-12-18-23-19(24-27-18)13-2-3-13/h4-11,13,21H,2-3,12H2,1H3,(H,22,25). The van der Waals surface area contributed by atoms with Gasteiger partial charge in [-0.05, 0) is 61.4 Å². The normalized spacial score (nSPS) is 13.2. The van der Waals surface area contributed by atoms with E-state index in [1.165, 1.54) is 0 Å². The maximum atomic E-state index is 12.3. The Kier molecular flexibility index (Phi) is 4.74. The summed E-state index contributed by atoms with van der Waals surface area (Å²) in [5.74, 6) is 2.42. The SMILES string of the molecule is COc1ccc(NC(=O)c2ccc(NCc3nc(C4CC4)no3)cc2)cc1. The zero-order valence-electron chi connectivity index (χ0n) is 14.9. The number of ether oxygens (including phenoxy) is 1. The third kappa shape index (κ3) is 4.25. The van der Waals surface area contributed by atoms with Crippen LogP contribution in [0.4, 0.5) is 11.4 Å². The van der Waals surface area contributed by atoms with Crippen LogP contribution in [-0.4, -0.2) is 23.2 Å². The van der Waals surface area contributed by atoms with Gasteiger partial charge in [-0.1, -0.05) is 5.16 Å². The summed E-state index contributed by atoms with van der Waals surface area (Å²) in [6, 6.07) is 14.4. The number of hydrogen-bond acceptors (Lipinski definition) is 6. The number of methoxy groups -OCH3 is 1. The average molecular weight is 364 g/mol. The quantitative estimate of drug-likeness (QED) is 0.662. The van der Waals surface area contributed by atoms with Crippen molar-refractivity contribution in [3.63, 3.8) is 0 Å². The Morgan fingerprint density at radius 2 is 1.81 bits per heavy atom. The van der Waals surface area contributed by atoms with Crippen molar-refractivity contribution in [1.29, 1.82) is 0 Å². The van der Waals surface area contributed by atoms with Crippen LogP contribution in [0.2, 0.25) is 0 Å². The van der Waals surface area contributed by atoms with Gasteiger partial charge in [-0.3, -0.25) is 4.79 Å². The fourth-order valence-electron chi connectivity index (χ4n) is 2.64. The maximum Gasteiger partial charge on any atom is 0.255 e. The van der Waals surface area contributed by atoms with Gasteiger partial charge >= 0.3 is 0 Å². The average Bonchev–Trinajstić information content (AvgIpc) is 3.45. The minimum Gasteiger partial charge on any atom is -0.497 e. The maximum absolute atomic E-state index is 12.3. The summed E-state index contributed by atoms with van der Waals surface area (Å²) in [6.45, 7) is 0.455. The van der Waals surface area contributed by atoms with Crippen molar-refractivity contribution in [2.24, 2.45) is 0 Å². The van der Waals surface area contributed by atoms with Crippen LogP contribution in [0.25, 0.3) is 0 Å². The zero-order valence-corrected chi connectivity index (χ0v) is 14.9. The monoisotopic (exact) mass is 364 g/mol. The number of benzene rings is 2. The molecule has 1 fully saturated rings. The topological polar surface area (TPSA) is 89.3 Å². The lowest BCUT2D eigenvalue weighted by Crippen LogP contribution is -2.11. The van der Waals surface area contributed by atoms with Gasteiger partial charge in [-0.25, -0.2) is 0 Å². The van der Waals surface area contributed by atoms with E-state index < -0.39 is 0 Å². The largest absolute Gasteiger partial charge is 0.497 e. The van der Waals surface area contributed by atoms with Crippen LogP contribution in [0.5, 0.6) is 5.75 Å². The number of hydrogen-bond donors (Lipinski definition) is 2. The summed E-state index contributed by atoms with van der Waals surface area (Å²) in [5.41, 5.74) is 2.17. The molecule has 0 unspecified atom stereocenters. The molecule has 0 atom stereocenters. The molecule has 2 aromatic carbocycles. The second kappa shape index (κ2) is 7.49. The predicted octanol–water partition coefficient (Wildman–Crippen LogP) is 3.82. The van der Waals surface area contributed by atoms with Crippen LogP contribution in [0.15, 0.2) is 53.1 Å². The first-order valence-corrected chi connectivity index (χ1v) is 8.83. The molecule has 27 heavy (non-hydrogen) atoms. The number of nitrogens with zero attached hydrogens (tertiary/aromatic N) is 2. The molecule has 1 aromatic heterocycles. The molecule has 4 rings (SSSR count). The summed E-state index contributed by atoms with van der Waals surface area (Å²) < 4.78 is 10.3. The highest BCUT2D eigenvalue weighted by atomic mass is 16.5. The second-order valence-electron chi connectivity index (χ2n) is 6.43. The van der Waals surface area contributed by atoms with Crippen LogP contribution in [-0.2, 0) is 6.54 Å². The fraction of sp³-hybridized carbons (Fsp3) is 0.250. The third-order valence-corrected chi connectivity index (χ3v) is 4.37.